The topological polar surface area (TPSA) is 65.4 Å². The van der Waals surface area contributed by atoms with Gasteiger partial charge in [0.2, 0.25) is 0 Å². The molecule has 2 aromatic rings. The maximum absolute atomic E-state index is 4.67. The third kappa shape index (κ3) is 7.54. The van der Waals surface area contributed by atoms with Crippen molar-refractivity contribution < 1.29 is 0 Å². The van der Waals surface area contributed by atoms with Crippen molar-refractivity contribution in [1.82, 2.24) is 20.6 Å². The maximum atomic E-state index is 4.67. The molecule has 2 N–H and O–H groups in total. The first-order chi connectivity index (χ1) is 13.1. The number of aliphatic imine (C=N–C) groups is 1. The Bertz CT molecular complexity index is 710. The minimum atomic E-state index is 0. The number of pyridine rings is 1. The molecule has 0 unspecified atom stereocenters. The second-order valence-electron chi connectivity index (χ2n) is 6.57. The molecule has 0 atom stereocenters. The van der Waals surface area contributed by atoms with E-state index in [2.05, 4.69) is 82.6 Å². The van der Waals surface area contributed by atoms with Gasteiger partial charge in [-0.1, -0.05) is 19.9 Å². The minimum Gasteiger partial charge on any atom is -0.357 e. The minimum absolute atomic E-state index is 0. The number of halogens is 1. The van der Waals surface area contributed by atoms with E-state index in [9.17, 15) is 0 Å². The molecule has 0 aliphatic heterocycles. The molecule has 156 valence electrons. The van der Waals surface area contributed by atoms with Gasteiger partial charge in [-0.25, -0.2) is 15.0 Å². The van der Waals surface area contributed by atoms with Crippen molar-refractivity contribution in [2.75, 3.05) is 24.5 Å². The summed E-state index contributed by atoms with van der Waals surface area (Å²) in [6.07, 6.45) is 1.91. The molecule has 0 aliphatic rings. The summed E-state index contributed by atoms with van der Waals surface area (Å²) in [5.74, 6) is 2.28. The van der Waals surface area contributed by atoms with Crippen molar-refractivity contribution in [3.05, 3.63) is 40.0 Å². The molecule has 0 radical (unpaired) electrons. The molecule has 0 saturated heterocycles. The summed E-state index contributed by atoms with van der Waals surface area (Å²) in [5, 5.41) is 9.87. The summed E-state index contributed by atoms with van der Waals surface area (Å²) in [6.45, 7) is 14.7. The van der Waals surface area contributed by atoms with Gasteiger partial charge in [-0.2, -0.15) is 0 Å². The zero-order valence-electron chi connectivity index (χ0n) is 17.5. The molecule has 28 heavy (non-hydrogen) atoms. The zero-order valence-corrected chi connectivity index (χ0v) is 20.7. The van der Waals surface area contributed by atoms with E-state index < -0.39 is 0 Å². The number of rotatable bonds is 9. The predicted molar refractivity (Wildman–Crippen MR) is 131 cm³/mol. The van der Waals surface area contributed by atoms with E-state index in [4.69, 9.17) is 0 Å². The Morgan fingerprint density at radius 2 is 1.93 bits per heavy atom. The van der Waals surface area contributed by atoms with Crippen molar-refractivity contribution in [1.29, 1.82) is 0 Å². The number of anilines is 1. The van der Waals surface area contributed by atoms with Crippen LogP contribution in [0.25, 0.3) is 0 Å². The van der Waals surface area contributed by atoms with Crippen LogP contribution in [-0.4, -0.2) is 35.6 Å². The molecular formula is C20H33IN6S. The van der Waals surface area contributed by atoms with Crippen LogP contribution in [0.3, 0.4) is 0 Å². The number of nitrogens with zero attached hydrogens (tertiary/aromatic N) is 4. The number of hydrogen-bond acceptors (Lipinski definition) is 5. The molecule has 0 fully saturated rings. The molecule has 0 aromatic carbocycles. The highest BCUT2D eigenvalue weighted by Gasteiger charge is 2.07. The normalized spacial score (nSPS) is 11.3. The fraction of sp³-hybridized carbons (Fsp3) is 0.550. The molecule has 0 spiro atoms. The quantitative estimate of drug-likeness (QED) is 0.294. The van der Waals surface area contributed by atoms with Crippen molar-refractivity contribution in [3.8, 4) is 0 Å². The van der Waals surface area contributed by atoms with Gasteiger partial charge in [0, 0.05) is 31.2 Å². The Hall–Kier alpha value is -1.42. The highest BCUT2D eigenvalue weighted by Crippen LogP contribution is 2.17. The molecule has 0 aliphatic carbocycles. The Morgan fingerprint density at radius 1 is 1.18 bits per heavy atom. The number of thiazole rings is 1. The molecule has 0 saturated carbocycles. The lowest BCUT2D eigenvalue weighted by atomic mass is 10.2. The van der Waals surface area contributed by atoms with Gasteiger partial charge in [0.15, 0.2) is 5.96 Å². The van der Waals surface area contributed by atoms with Crippen molar-refractivity contribution in [2.24, 2.45) is 4.99 Å². The second-order valence-corrected chi connectivity index (χ2v) is 7.51. The summed E-state index contributed by atoms with van der Waals surface area (Å²) >= 11 is 1.69. The SMILES string of the molecule is CCNC(=NCc1ccc(N(CC)CC)nc1)NCc1nc(C(C)C)cs1.I. The van der Waals surface area contributed by atoms with Crippen LogP contribution in [0.15, 0.2) is 28.7 Å². The molecule has 2 heterocycles. The number of hydrogen-bond donors (Lipinski definition) is 2. The fourth-order valence-corrected chi connectivity index (χ4v) is 3.48. The molecule has 6 nitrogen and oxygen atoms in total. The van der Waals surface area contributed by atoms with E-state index in [0.29, 0.717) is 19.0 Å². The number of guanidine groups is 1. The molecular weight excluding hydrogens is 483 g/mol. The third-order valence-corrected chi connectivity index (χ3v) is 5.10. The molecule has 0 bridgehead atoms. The van der Waals surface area contributed by atoms with Crippen LogP contribution in [0.2, 0.25) is 0 Å². The number of aromatic nitrogens is 2. The van der Waals surface area contributed by atoms with E-state index in [1.165, 1.54) is 0 Å². The van der Waals surface area contributed by atoms with Crippen molar-refractivity contribution in [3.63, 3.8) is 0 Å². The third-order valence-electron chi connectivity index (χ3n) is 4.23. The predicted octanol–water partition coefficient (Wildman–Crippen LogP) is 4.38. The highest BCUT2D eigenvalue weighted by atomic mass is 127. The van der Waals surface area contributed by atoms with Crippen LogP contribution in [0.4, 0.5) is 5.82 Å². The lowest BCUT2D eigenvalue weighted by molar-refractivity contribution is 0.787. The fourth-order valence-electron chi connectivity index (χ4n) is 2.59. The van der Waals surface area contributed by atoms with Crippen LogP contribution in [0, 0.1) is 0 Å². The first-order valence-corrected chi connectivity index (χ1v) is 10.6. The van der Waals surface area contributed by atoms with Gasteiger partial charge >= 0.3 is 0 Å². The lowest BCUT2D eigenvalue weighted by Gasteiger charge is -2.19. The average Bonchev–Trinajstić information content (AvgIpc) is 3.15. The van der Waals surface area contributed by atoms with E-state index >= 15 is 0 Å². The summed E-state index contributed by atoms with van der Waals surface area (Å²) in [6, 6.07) is 4.17. The first-order valence-electron chi connectivity index (χ1n) is 9.73. The maximum Gasteiger partial charge on any atom is 0.191 e. The van der Waals surface area contributed by atoms with Crippen LogP contribution < -0.4 is 15.5 Å². The first kappa shape index (κ1) is 24.6. The highest BCUT2D eigenvalue weighted by molar-refractivity contribution is 14.0. The van der Waals surface area contributed by atoms with Crippen LogP contribution in [0.1, 0.15) is 56.8 Å². The van der Waals surface area contributed by atoms with Gasteiger partial charge in [-0.3, -0.25) is 0 Å². The van der Waals surface area contributed by atoms with E-state index in [1.807, 2.05) is 6.20 Å². The van der Waals surface area contributed by atoms with E-state index in [-0.39, 0.29) is 24.0 Å². The van der Waals surface area contributed by atoms with Crippen LogP contribution in [0.5, 0.6) is 0 Å². The average molecular weight is 516 g/mol. The lowest BCUT2D eigenvalue weighted by Crippen LogP contribution is -2.36. The van der Waals surface area contributed by atoms with Crippen molar-refractivity contribution in [2.45, 2.75) is 53.6 Å². The largest absolute Gasteiger partial charge is 0.357 e. The van der Waals surface area contributed by atoms with E-state index in [0.717, 1.165) is 47.7 Å². The molecule has 8 heteroatoms. The Balaban J connectivity index is 0.00000392. The summed E-state index contributed by atoms with van der Waals surface area (Å²) in [5.41, 5.74) is 2.25. The van der Waals surface area contributed by atoms with Gasteiger partial charge in [-0.15, -0.1) is 35.3 Å². The van der Waals surface area contributed by atoms with Crippen LogP contribution >= 0.6 is 35.3 Å². The van der Waals surface area contributed by atoms with Gasteiger partial charge < -0.3 is 15.5 Å². The Kier molecular flexibility index (Phi) is 11.4. The molecule has 0 amide bonds. The zero-order chi connectivity index (χ0) is 19.6. The van der Waals surface area contributed by atoms with Crippen LogP contribution in [-0.2, 0) is 13.1 Å². The second kappa shape index (κ2) is 12.9. The molecule has 2 rings (SSSR count). The number of nitrogens with one attached hydrogen (secondary N) is 2. The smallest absolute Gasteiger partial charge is 0.191 e. The Morgan fingerprint density at radius 3 is 2.46 bits per heavy atom. The van der Waals surface area contributed by atoms with E-state index in [1.54, 1.807) is 11.3 Å². The van der Waals surface area contributed by atoms with Gasteiger partial charge in [-0.05, 0) is 38.3 Å². The summed E-state index contributed by atoms with van der Waals surface area (Å²) < 4.78 is 0. The molecule has 2 aromatic heterocycles. The van der Waals surface area contributed by atoms with Crippen molar-refractivity contribution >= 4 is 47.1 Å². The van der Waals surface area contributed by atoms with Gasteiger partial charge in [0.05, 0.1) is 18.8 Å². The summed E-state index contributed by atoms with van der Waals surface area (Å²) in [4.78, 5) is 16.1. The van der Waals surface area contributed by atoms with Gasteiger partial charge in [0.1, 0.15) is 10.8 Å². The van der Waals surface area contributed by atoms with Gasteiger partial charge in [0.25, 0.3) is 0 Å². The standard InChI is InChI=1S/C20H32N6S.HI/c1-6-21-20(24-13-19-25-17(14-27-19)15(4)5)23-12-16-9-10-18(22-11-16)26(7-2)8-3;/h9-11,14-15H,6-8,12-13H2,1-5H3,(H2,21,23,24);1H. The summed E-state index contributed by atoms with van der Waals surface area (Å²) in [7, 11) is 0. The Labute approximate surface area is 190 Å². The monoisotopic (exact) mass is 516 g/mol.